The molecule has 2 aromatic heterocycles. The average Bonchev–Trinajstić information content (AvgIpc) is 3.30. The van der Waals surface area contributed by atoms with Crippen LogP contribution in [0, 0.1) is 5.92 Å². The van der Waals surface area contributed by atoms with Gasteiger partial charge in [-0.2, -0.15) is 4.98 Å². The molecule has 0 saturated heterocycles. The molecule has 3 aromatic rings. The highest BCUT2D eigenvalue weighted by atomic mass is 32.2. The van der Waals surface area contributed by atoms with Gasteiger partial charge in [-0.25, -0.2) is 4.68 Å². The molecule has 1 amide bonds. The molecule has 0 aliphatic carbocycles. The standard InChI is InChI=1S/C18H19N5OS2/c1-11-14(16(24)20-12-7-4-3-5-8-12)15(13-9-6-10-26-13)23-17(19-11)21-18(22-23)25-2/h3-11,14-15H,1-2H3,(H,20,24)(H,19,21,22)/t11-,14-,15-/m1/s1. The lowest BCUT2D eigenvalue weighted by atomic mass is 9.89. The Morgan fingerprint density at radius 1 is 1.27 bits per heavy atom. The summed E-state index contributed by atoms with van der Waals surface area (Å²) in [5.74, 6) is 0.378. The van der Waals surface area contributed by atoms with Crippen molar-refractivity contribution in [1.29, 1.82) is 0 Å². The average molecular weight is 386 g/mol. The Morgan fingerprint density at radius 3 is 2.77 bits per heavy atom. The Bertz CT molecular complexity index is 894. The molecule has 26 heavy (non-hydrogen) atoms. The van der Waals surface area contributed by atoms with Crippen molar-refractivity contribution in [3.8, 4) is 0 Å². The molecular formula is C18H19N5OS2. The van der Waals surface area contributed by atoms with Crippen molar-refractivity contribution in [2.24, 2.45) is 5.92 Å². The van der Waals surface area contributed by atoms with E-state index in [2.05, 4.69) is 26.8 Å². The minimum absolute atomic E-state index is 0.0264. The second-order valence-electron chi connectivity index (χ2n) is 6.14. The monoisotopic (exact) mass is 385 g/mol. The molecule has 0 unspecified atom stereocenters. The number of rotatable bonds is 4. The molecular weight excluding hydrogens is 366 g/mol. The van der Waals surface area contributed by atoms with Crippen LogP contribution >= 0.6 is 23.1 Å². The Kier molecular flexibility index (Phi) is 4.69. The van der Waals surface area contributed by atoms with E-state index < -0.39 is 0 Å². The van der Waals surface area contributed by atoms with Crippen LogP contribution < -0.4 is 10.6 Å². The molecule has 6 nitrogen and oxygen atoms in total. The van der Waals surface area contributed by atoms with E-state index >= 15 is 0 Å². The third-order valence-electron chi connectivity index (χ3n) is 4.47. The fraction of sp³-hybridized carbons (Fsp3) is 0.278. The summed E-state index contributed by atoms with van der Waals surface area (Å²) in [4.78, 5) is 18.8. The van der Waals surface area contributed by atoms with Gasteiger partial charge in [-0.3, -0.25) is 4.79 Å². The van der Waals surface area contributed by atoms with Crippen LogP contribution in [-0.4, -0.2) is 33.0 Å². The van der Waals surface area contributed by atoms with E-state index in [-0.39, 0.29) is 23.9 Å². The Morgan fingerprint density at radius 2 is 2.08 bits per heavy atom. The van der Waals surface area contributed by atoms with Crippen LogP contribution in [0.2, 0.25) is 0 Å². The molecule has 0 fully saturated rings. The van der Waals surface area contributed by atoms with Crippen LogP contribution in [0.25, 0.3) is 0 Å². The molecule has 4 rings (SSSR count). The van der Waals surface area contributed by atoms with Gasteiger partial charge in [0.05, 0.1) is 5.92 Å². The predicted molar refractivity (Wildman–Crippen MR) is 106 cm³/mol. The normalized spacial score (nSPS) is 21.7. The van der Waals surface area contributed by atoms with E-state index in [0.717, 1.165) is 10.6 Å². The number of hydrogen-bond donors (Lipinski definition) is 2. The van der Waals surface area contributed by atoms with E-state index in [1.807, 2.05) is 59.6 Å². The molecule has 2 N–H and O–H groups in total. The summed E-state index contributed by atoms with van der Waals surface area (Å²) >= 11 is 3.13. The van der Waals surface area contributed by atoms with Crippen LogP contribution in [0.1, 0.15) is 17.8 Å². The van der Waals surface area contributed by atoms with Crippen LogP contribution in [0.3, 0.4) is 0 Å². The van der Waals surface area contributed by atoms with Crippen molar-refractivity contribution < 1.29 is 4.79 Å². The zero-order valence-electron chi connectivity index (χ0n) is 14.4. The van der Waals surface area contributed by atoms with Gasteiger partial charge >= 0.3 is 0 Å². The lowest BCUT2D eigenvalue weighted by Crippen LogP contribution is -2.46. The fourth-order valence-electron chi connectivity index (χ4n) is 3.28. The van der Waals surface area contributed by atoms with Gasteiger partial charge in [0.2, 0.25) is 17.0 Å². The third-order valence-corrected chi connectivity index (χ3v) is 5.95. The van der Waals surface area contributed by atoms with Crippen molar-refractivity contribution in [3.05, 3.63) is 52.7 Å². The van der Waals surface area contributed by atoms with Crippen molar-refractivity contribution in [2.75, 3.05) is 16.9 Å². The SMILES string of the molecule is CSc1nc2n(n1)[C@H](c1cccs1)[C@H](C(=O)Nc1ccccc1)[C@@H](C)N2. The number of nitrogens with zero attached hydrogens (tertiary/aromatic N) is 3. The van der Waals surface area contributed by atoms with E-state index in [1.54, 1.807) is 11.3 Å². The van der Waals surface area contributed by atoms with Crippen molar-refractivity contribution in [3.63, 3.8) is 0 Å². The van der Waals surface area contributed by atoms with E-state index in [0.29, 0.717) is 11.1 Å². The molecule has 134 valence electrons. The van der Waals surface area contributed by atoms with Gasteiger partial charge in [0.15, 0.2) is 0 Å². The second kappa shape index (κ2) is 7.13. The van der Waals surface area contributed by atoms with Gasteiger partial charge in [-0.15, -0.1) is 16.4 Å². The van der Waals surface area contributed by atoms with Crippen molar-refractivity contribution in [2.45, 2.75) is 24.2 Å². The maximum atomic E-state index is 13.2. The Balaban J connectivity index is 1.73. The minimum atomic E-state index is -0.308. The number of hydrogen-bond acceptors (Lipinski definition) is 6. The molecule has 3 heterocycles. The molecule has 1 aliphatic heterocycles. The maximum absolute atomic E-state index is 13.2. The Hall–Kier alpha value is -2.32. The summed E-state index contributed by atoms with van der Waals surface area (Å²) in [5, 5.41) is 13.7. The lowest BCUT2D eigenvalue weighted by Gasteiger charge is -2.36. The van der Waals surface area contributed by atoms with Crippen LogP contribution in [0.15, 0.2) is 53.0 Å². The molecule has 1 aromatic carbocycles. The number of amides is 1. The highest BCUT2D eigenvalue weighted by molar-refractivity contribution is 7.98. The van der Waals surface area contributed by atoms with Crippen LogP contribution in [0.5, 0.6) is 0 Å². The van der Waals surface area contributed by atoms with E-state index in [9.17, 15) is 4.79 Å². The summed E-state index contributed by atoms with van der Waals surface area (Å²) in [6.45, 7) is 2.02. The van der Waals surface area contributed by atoms with Gasteiger partial charge in [0.1, 0.15) is 6.04 Å². The first-order chi connectivity index (χ1) is 12.7. The number of thioether (sulfide) groups is 1. The summed E-state index contributed by atoms with van der Waals surface area (Å²) in [5.41, 5.74) is 0.795. The zero-order valence-corrected chi connectivity index (χ0v) is 16.1. The number of thiophene rings is 1. The minimum Gasteiger partial charge on any atom is -0.351 e. The molecule has 0 spiro atoms. The smallest absolute Gasteiger partial charge is 0.232 e. The second-order valence-corrected chi connectivity index (χ2v) is 7.89. The lowest BCUT2D eigenvalue weighted by molar-refractivity contribution is -0.121. The Labute approximate surface area is 160 Å². The quantitative estimate of drug-likeness (QED) is 0.670. The van der Waals surface area contributed by atoms with Gasteiger partial charge in [-0.05, 0) is 36.8 Å². The van der Waals surface area contributed by atoms with Gasteiger partial charge < -0.3 is 10.6 Å². The number of benzene rings is 1. The van der Waals surface area contributed by atoms with Gasteiger partial charge in [0, 0.05) is 16.6 Å². The summed E-state index contributed by atoms with van der Waals surface area (Å²) in [6, 6.07) is 13.4. The molecule has 1 aliphatic rings. The molecule has 3 atom stereocenters. The third kappa shape index (κ3) is 3.10. The first-order valence-corrected chi connectivity index (χ1v) is 10.4. The number of nitrogens with one attached hydrogen (secondary N) is 2. The van der Waals surface area contributed by atoms with E-state index in [1.165, 1.54) is 11.8 Å². The van der Waals surface area contributed by atoms with Gasteiger partial charge in [0.25, 0.3) is 0 Å². The number of para-hydroxylation sites is 1. The van der Waals surface area contributed by atoms with Gasteiger partial charge in [-0.1, -0.05) is 36.0 Å². The summed E-state index contributed by atoms with van der Waals surface area (Å²) < 4.78 is 1.85. The topological polar surface area (TPSA) is 71.8 Å². The highest BCUT2D eigenvalue weighted by Crippen LogP contribution is 2.39. The predicted octanol–water partition coefficient (Wildman–Crippen LogP) is 3.72. The summed E-state index contributed by atoms with van der Waals surface area (Å²) in [6.07, 6.45) is 1.95. The number of carbonyl (C=O) groups excluding carboxylic acids is 1. The zero-order chi connectivity index (χ0) is 18.1. The molecule has 0 radical (unpaired) electrons. The molecule has 8 heteroatoms. The first kappa shape index (κ1) is 17.1. The van der Waals surface area contributed by atoms with Crippen LogP contribution in [-0.2, 0) is 4.79 Å². The summed E-state index contributed by atoms with van der Waals surface area (Å²) in [7, 11) is 0. The van der Waals surface area contributed by atoms with Crippen molar-refractivity contribution >= 4 is 40.6 Å². The highest BCUT2D eigenvalue weighted by Gasteiger charge is 2.42. The number of fused-ring (bicyclic) bond motifs is 1. The number of carbonyl (C=O) groups is 1. The fourth-order valence-corrected chi connectivity index (χ4v) is 4.48. The van der Waals surface area contributed by atoms with Crippen LogP contribution in [0.4, 0.5) is 11.6 Å². The van der Waals surface area contributed by atoms with E-state index in [4.69, 9.17) is 0 Å². The number of aromatic nitrogens is 3. The molecule has 0 saturated carbocycles. The maximum Gasteiger partial charge on any atom is 0.232 e. The largest absolute Gasteiger partial charge is 0.351 e. The first-order valence-electron chi connectivity index (χ1n) is 8.34. The molecule has 0 bridgehead atoms. The van der Waals surface area contributed by atoms with Crippen molar-refractivity contribution in [1.82, 2.24) is 14.8 Å². The number of anilines is 2.